The van der Waals surface area contributed by atoms with Gasteiger partial charge in [0.1, 0.15) is 29.2 Å². The van der Waals surface area contributed by atoms with E-state index >= 15 is 0 Å². The largest absolute Gasteiger partial charge is 0.469 e. The Bertz CT molecular complexity index is 930. The summed E-state index contributed by atoms with van der Waals surface area (Å²) in [6.07, 6.45) is 2.86. The van der Waals surface area contributed by atoms with Gasteiger partial charge in [0, 0.05) is 11.6 Å². The molecule has 8 nitrogen and oxygen atoms in total. The number of allylic oxidation sites excluding steroid dienone is 1. The molecule has 0 aliphatic carbocycles. The highest BCUT2D eigenvalue weighted by Crippen LogP contribution is 2.23. The molecule has 2 heterocycles. The van der Waals surface area contributed by atoms with Gasteiger partial charge in [0.05, 0.1) is 17.6 Å². The molecule has 0 saturated heterocycles. The highest BCUT2D eigenvalue weighted by atomic mass is 16.5. The molecule has 3 N–H and O–H groups in total. The molecule has 2 rings (SSSR count). The van der Waals surface area contributed by atoms with Gasteiger partial charge in [0.2, 0.25) is 5.88 Å². The number of nitriles is 1. The highest BCUT2D eigenvalue weighted by molar-refractivity contribution is 6.46. The van der Waals surface area contributed by atoms with Crippen LogP contribution in [0.2, 0.25) is 0 Å². The molecule has 1 atom stereocenters. The van der Waals surface area contributed by atoms with Crippen LogP contribution >= 0.6 is 0 Å². The van der Waals surface area contributed by atoms with Gasteiger partial charge in [-0.2, -0.15) is 10.4 Å². The van der Waals surface area contributed by atoms with Gasteiger partial charge in [-0.05, 0) is 33.6 Å². The van der Waals surface area contributed by atoms with Crippen molar-refractivity contribution < 1.29 is 4.74 Å². The van der Waals surface area contributed by atoms with Gasteiger partial charge in [0.15, 0.2) is 0 Å². The van der Waals surface area contributed by atoms with Crippen LogP contribution in [0.4, 0.5) is 0 Å². The zero-order valence-electron chi connectivity index (χ0n) is 14.3. The minimum atomic E-state index is -0.394. The van der Waals surface area contributed by atoms with Gasteiger partial charge in [0.25, 0.3) is 0 Å². The summed E-state index contributed by atoms with van der Waals surface area (Å²) in [4.78, 5) is 8.16. The maximum absolute atomic E-state index is 9.31. The third kappa shape index (κ3) is 3.40. The van der Waals surface area contributed by atoms with Crippen molar-refractivity contribution in [2.75, 3.05) is 0 Å². The Kier molecular flexibility index (Phi) is 5.29. The fourth-order valence-corrected chi connectivity index (χ4v) is 2.46. The van der Waals surface area contributed by atoms with Gasteiger partial charge < -0.3 is 16.0 Å². The van der Waals surface area contributed by atoms with Gasteiger partial charge in [-0.1, -0.05) is 6.08 Å². The second-order valence-corrected chi connectivity index (χ2v) is 5.27. The second kappa shape index (κ2) is 7.40. The highest BCUT2D eigenvalue weighted by Gasteiger charge is 2.17. The number of hydrogen-bond acceptors (Lipinski definition) is 7. The van der Waals surface area contributed by atoms with Crippen molar-refractivity contribution in [3.63, 3.8) is 0 Å². The Morgan fingerprint density at radius 3 is 2.80 bits per heavy atom. The van der Waals surface area contributed by atoms with E-state index in [0.29, 0.717) is 34.2 Å². The number of imidazole rings is 1. The number of hydrazone groups is 1. The molecule has 0 radical (unpaired) electrons. The van der Waals surface area contributed by atoms with Crippen LogP contribution in [0, 0.1) is 16.7 Å². The first-order chi connectivity index (χ1) is 12.0. The van der Waals surface area contributed by atoms with E-state index in [4.69, 9.17) is 16.0 Å². The van der Waals surface area contributed by atoms with E-state index in [2.05, 4.69) is 27.9 Å². The smallest absolute Gasteiger partial charge is 0.201 e. The molecule has 0 aliphatic heterocycles. The average molecular weight is 337 g/mol. The minimum Gasteiger partial charge on any atom is -0.469 e. The molecule has 0 bridgehead atoms. The summed E-state index contributed by atoms with van der Waals surface area (Å²) in [5, 5.41) is 20.8. The van der Waals surface area contributed by atoms with Crippen molar-refractivity contribution in [1.82, 2.24) is 9.38 Å². The van der Waals surface area contributed by atoms with E-state index < -0.39 is 6.10 Å². The normalized spacial score (nSPS) is 13.4. The number of nitrogens with one attached hydrogen (secondary N) is 1. The monoisotopic (exact) mass is 337 g/mol. The number of ether oxygens (including phenoxy) is 1. The van der Waals surface area contributed by atoms with Crippen LogP contribution in [-0.2, 0) is 0 Å². The Hall–Kier alpha value is -3.47. The molecular formula is C17H19N7O. The van der Waals surface area contributed by atoms with Crippen LogP contribution in [0.15, 0.2) is 40.2 Å². The lowest BCUT2D eigenvalue weighted by Gasteiger charge is -2.17. The molecule has 0 saturated carbocycles. The summed E-state index contributed by atoms with van der Waals surface area (Å²) in [5.74, 6) is 5.79. The molecule has 0 spiro atoms. The third-order valence-electron chi connectivity index (χ3n) is 3.64. The van der Waals surface area contributed by atoms with Crippen molar-refractivity contribution in [2.45, 2.75) is 26.9 Å². The lowest BCUT2D eigenvalue weighted by molar-refractivity contribution is 0.242. The molecule has 0 aliphatic rings. The van der Waals surface area contributed by atoms with Crippen molar-refractivity contribution in [2.24, 2.45) is 15.9 Å². The first-order valence-electron chi connectivity index (χ1n) is 7.51. The van der Waals surface area contributed by atoms with Crippen LogP contribution in [-0.4, -0.2) is 33.6 Å². The van der Waals surface area contributed by atoms with E-state index in [1.807, 2.05) is 13.8 Å². The number of hydrogen-bond donors (Lipinski definition) is 2. The lowest BCUT2D eigenvalue weighted by Crippen LogP contribution is -2.18. The summed E-state index contributed by atoms with van der Waals surface area (Å²) < 4.78 is 7.58. The third-order valence-corrected chi connectivity index (χ3v) is 3.64. The van der Waals surface area contributed by atoms with Crippen molar-refractivity contribution in [3.8, 4) is 11.9 Å². The van der Waals surface area contributed by atoms with Gasteiger partial charge in [-0.15, -0.1) is 0 Å². The second-order valence-electron chi connectivity index (χ2n) is 5.27. The first-order valence-corrected chi connectivity index (χ1v) is 7.51. The topological polar surface area (TPSA) is 125 Å². The molecule has 0 amide bonds. The molecule has 128 valence electrons. The SMILES string of the molecule is C=N/C(=C\C)C(C)Oc1cc(/C(=N/N)C(C)=N)cc2ncc(C#N)n12. The first kappa shape index (κ1) is 17.9. The van der Waals surface area contributed by atoms with Gasteiger partial charge >= 0.3 is 0 Å². The fourth-order valence-electron chi connectivity index (χ4n) is 2.46. The molecule has 1 unspecified atom stereocenters. The number of aliphatic imine (C=N–C) groups is 1. The van der Waals surface area contributed by atoms with E-state index in [-0.39, 0.29) is 5.71 Å². The summed E-state index contributed by atoms with van der Waals surface area (Å²) in [7, 11) is 0. The quantitative estimate of drug-likeness (QED) is 0.476. The van der Waals surface area contributed by atoms with Crippen LogP contribution in [0.3, 0.4) is 0 Å². The molecule has 2 aromatic rings. The number of nitrogens with zero attached hydrogens (tertiary/aromatic N) is 5. The Morgan fingerprint density at radius 1 is 1.56 bits per heavy atom. The standard InChI is InChI=1S/C17H19N7O/c1-5-14(21-4)11(3)25-16-7-12(17(23-20)10(2)19)6-15-22-9-13(8-18)24(15)16/h5-7,9,11,19H,4,20H2,1-3H3/b14-5-,19-10?,23-17+. The van der Waals surface area contributed by atoms with Crippen LogP contribution in [0.1, 0.15) is 32.0 Å². The van der Waals surface area contributed by atoms with Crippen molar-refractivity contribution in [3.05, 3.63) is 41.4 Å². The number of rotatable bonds is 6. The molecule has 0 aromatic carbocycles. The summed E-state index contributed by atoms with van der Waals surface area (Å²) in [6.45, 7) is 8.78. The summed E-state index contributed by atoms with van der Waals surface area (Å²) >= 11 is 0. The number of fused-ring (bicyclic) bond motifs is 1. The average Bonchev–Trinajstić information content (AvgIpc) is 2.99. The molecule has 2 aromatic heterocycles. The zero-order valence-corrected chi connectivity index (χ0v) is 14.3. The molecule has 25 heavy (non-hydrogen) atoms. The molecule has 0 fully saturated rings. The predicted molar refractivity (Wildman–Crippen MR) is 97.4 cm³/mol. The molecule has 8 heteroatoms. The molecular weight excluding hydrogens is 318 g/mol. The van der Waals surface area contributed by atoms with Gasteiger partial charge in [-0.25, -0.2) is 4.98 Å². The Balaban J connectivity index is 2.66. The number of aromatic nitrogens is 2. The van der Waals surface area contributed by atoms with Crippen LogP contribution < -0.4 is 10.6 Å². The minimum absolute atomic E-state index is 0.208. The summed E-state index contributed by atoms with van der Waals surface area (Å²) in [5.41, 5.74) is 2.58. The maximum atomic E-state index is 9.31. The number of nitrogens with two attached hydrogens (primary N) is 1. The Morgan fingerprint density at radius 2 is 2.28 bits per heavy atom. The Labute approximate surface area is 145 Å². The zero-order chi connectivity index (χ0) is 18.6. The van der Waals surface area contributed by atoms with Gasteiger partial charge in [-0.3, -0.25) is 9.39 Å². The number of pyridine rings is 1. The predicted octanol–water partition coefficient (Wildman–Crippen LogP) is 2.28. The van der Waals surface area contributed by atoms with E-state index in [1.165, 1.54) is 6.20 Å². The van der Waals surface area contributed by atoms with E-state index in [1.54, 1.807) is 29.5 Å². The van der Waals surface area contributed by atoms with E-state index in [0.717, 1.165) is 0 Å². The fraction of sp³-hybridized carbons (Fsp3) is 0.235. The van der Waals surface area contributed by atoms with Crippen molar-refractivity contribution >= 4 is 23.8 Å². The summed E-state index contributed by atoms with van der Waals surface area (Å²) in [6, 6.07) is 5.45. The van der Waals surface area contributed by atoms with Crippen LogP contribution in [0.5, 0.6) is 5.88 Å². The lowest BCUT2D eigenvalue weighted by atomic mass is 10.1. The maximum Gasteiger partial charge on any atom is 0.201 e. The van der Waals surface area contributed by atoms with Crippen molar-refractivity contribution in [1.29, 1.82) is 10.7 Å². The van der Waals surface area contributed by atoms with E-state index in [9.17, 15) is 5.26 Å². The van der Waals surface area contributed by atoms with Crippen LogP contribution in [0.25, 0.3) is 5.65 Å².